The largest absolute Gasteiger partial charge is 0.352 e. The first-order chi connectivity index (χ1) is 11.2. The van der Waals surface area contributed by atoms with Crippen molar-refractivity contribution in [3.8, 4) is 0 Å². The molecule has 1 saturated heterocycles. The van der Waals surface area contributed by atoms with Crippen molar-refractivity contribution in [1.82, 2.24) is 10.2 Å². The highest BCUT2D eigenvalue weighted by molar-refractivity contribution is 5.92. The lowest BCUT2D eigenvalue weighted by Crippen LogP contribution is -2.35. The summed E-state index contributed by atoms with van der Waals surface area (Å²) in [7, 11) is 0. The maximum atomic E-state index is 13.5. The predicted octanol–water partition coefficient (Wildman–Crippen LogP) is 2.48. The number of nitrogens with one attached hydrogen (secondary N) is 1. The highest BCUT2D eigenvalue weighted by Crippen LogP contribution is 2.40. The van der Waals surface area contributed by atoms with Crippen molar-refractivity contribution in [3.63, 3.8) is 0 Å². The van der Waals surface area contributed by atoms with Crippen LogP contribution in [0.2, 0.25) is 0 Å². The minimum atomic E-state index is -0.319. The van der Waals surface area contributed by atoms with Crippen molar-refractivity contribution in [2.45, 2.75) is 38.6 Å². The topological polar surface area (TPSA) is 49.4 Å². The summed E-state index contributed by atoms with van der Waals surface area (Å²) < 4.78 is 13.5. The zero-order valence-electron chi connectivity index (χ0n) is 13.3. The molecule has 2 unspecified atom stereocenters. The molecule has 1 aromatic carbocycles. The second kappa shape index (κ2) is 7.11. The second-order valence-corrected chi connectivity index (χ2v) is 6.50. The van der Waals surface area contributed by atoms with E-state index < -0.39 is 0 Å². The molecule has 3 rings (SSSR count). The minimum absolute atomic E-state index is 0.123. The molecule has 2 amide bonds. The molecule has 1 heterocycles. The van der Waals surface area contributed by atoms with Gasteiger partial charge in [-0.25, -0.2) is 4.39 Å². The summed E-state index contributed by atoms with van der Waals surface area (Å²) in [5, 5.41) is 2.75. The highest BCUT2D eigenvalue weighted by Gasteiger charge is 2.49. The standard InChI is InChI=1S/C18H23FN2O2/c19-16-8-4-3-7-13(16)12-20-17(22)14-11-15(14)18(23)21-9-5-1-2-6-10-21/h3-4,7-8,14-15H,1-2,5-6,9-12H2,(H,20,22). The molecule has 0 radical (unpaired) electrons. The monoisotopic (exact) mass is 318 g/mol. The number of amides is 2. The molecule has 1 N–H and O–H groups in total. The lowest BCUT2D eigenvalue weighted by atomic mass is 10.2. The zero-order valence-corrected chi connectivity index (χ0v) is 13.3. The van der Waals surface area contributed by atoms with E-state index in [-0.39, 0.29) is 36.0 Å². The van der Waals surface area contributed by atoms with Gasteiger partial charge in [0.25, 0.3) is 0 Å². The van der Waals surface area contributed by atoms with Crippen LogP contribution in [-0.2, 0) is 16.1 Å². The summed E-state index contributed by atoms with van der Waals surface area (Å²) >= 11 is 0. The average molecular weight is 318 g/mol. The third-order valence-corrected chi connectivity index (χ3v) is 4.77. The first-order valence-corrected chi connectivity index (χ1v) is 8.46. The van der Waals surface area contributed by atoms with Gasteiger partial charge in [-0.15, -0.1) is 0 Å². The molecule has 1 saturated carbocycles. The molecule has 5 heteroatoms. The Morgan fingerprint density at radius 2 is 1.78 bits per heavy atom. The van der Waals surface area contributed by atoms with Crippen LogP contribution in [0.15, 0.2) is 24.3 Å². The maximum absolute atomic E-state index is 13.5. The average Bonchev–Trinajstić information content (AvgIpc) is 3.37. The van der Waals surface area contributed by atoms with Crippen LogP contribution in [0.3, 0.4) is 0 Å². The summed E-state index contributed by atoms with van der Waals surface area (Å²) in [6.07, 6.45) is 5.10. The van der Waals surface area contributed by atoms with E-state index in [0.29, 0.717) is 12.0 Å². The smallest absolute Gasteiger partial charge is 0.226 e. The van der Waals surface area contributed by atoms with Gasteiger partial charge >= 0.3 is 0 Å². The van der Waals surface area contributed by atoms with Gasteiger partial charge in [0.05, 0.1) is 11.8 Å². The number of likely N-dealkylation sites (tertiary alicyclic amines) is 1. The Bertz CT molecular complexity index is 582. The number of hydrogen-bond donors (Lipinski definition) is 1. The lowest BCUT2D eigenvalue weighted by molar-refractivity contribution is -0.134. The van der Waals surface area contributed by atoms with E-state index in [2.05, 4.69) is 5.32 Å². The van der Waals surface area contributed by atoms with Crippen molar-refractivity contribution in [2.75, 3.05) is 13.1 Å². The highest BCUT2D eigenvalue weighted by atomic mass is 19.1. The van der Waals surface area contributed by atoms with Crippen molar-refractivity contribution in [1.29, 1.82) is 0 Å². The van der Waals surface area contributed by atoms with E-state index in [1.54, 1.807) is 18.2 Å². The number of rotatable bonds is 4. The lowest BCUT2D eigenvalue weighted by Gasteiger charge is -2.20. The van der Waals surface area contributed by atoms with Crippen LogP contribution >= 0.6 is 0 Å². The van der Waals surface area contributed by atoms with Gasteiger partial charge in [0.15, 0.2) is 0 Å². The Balaban J connectivity index is 1.48. The van der Waals surface area contributed by atoms with Gasteiger partial charge in [-0.05, 0) is 25.3 Å². The summed E-state index contributed by atoms with van der Waals surface area (Å²) in [5.74, 6) is -0.744. The minimum Gasteiger partial charge on any atom is -0.352 e. The molecule has 124 valence electrons. The van der Waals surface area contributed by atoms with Gasteiger partial charge in [0, 0.05) is 25.2 Å². The molecule has 2 fully saturated rings. The van der Waals surface area contributed by atoms with Gasteiger partial charge in [-0.3, -0.25) is 9.59 Å². The van der Waals surface area contributed by atoms with Gasteiger partial charge in [-0.2, -0.15) is 0 Å². The predicted molar refractivity (Wildman–Crippen MR) is 84.9 cm³/mol. The van der Waals surface area contributed by atoms with E-state index in [9.17, 15) is 14.0 Å². The molecule has 0 aromatic heterocycles. The number of hydrogen-bond acceptors (Lipinski definition) is 2. The van der Waals surface area contributed by atoms with Crippen LogP contribution in [-0.4, -0.2) is 29.8 Å². The van der Waals surface area contributed by atoms with Crippen LogP contribution in [0.4, 0.5) is 4.39 Å². The van der Waals surface area contributed by atoms with Crippen LogP contribution in [0, 0.1) is 17.7 Å². The van der Waals surface area contributed by atoms with Crippen LogP contribution < -0.4 is 5.32 Å². The van der Waals surface area contributed by atoms with Crippen molar-refractivity contribution in [2.24, 2.45) is 11.8 Å². The summed E-state index contributed by atoms with van der Waals surface area (Å²) in [4.78, 5) is 26.5. The fourth-order valence-corrected chi connectivity index (χ4v) is 3.24. The summed E-state index contributed by atoms with van der Waals surface area (Å²) in [6.45, 7) is 1.81. The Kier molecular flexibility index (Phi) is 4.94. The Morgan fingerprint density at radius 1 is 1.09 bits per heavy atom. The van der Waals surface area contributed by atoms with Crippen molar-refractivity contribution < 1.29 is 14.0 Å². The number of carbonyl (C=O) groups excluding carboxylic acids is 2. The molecular formula is C18H23FN2O2. The van der Waals surface area contributed by atoms with Gasteiger partial charge < -0.3 is 10.2 Å². The normalized spacial score (nSPS) is 24.0. The number of benzene rings is 1. The fourth-order valence-electron chi connectivity index (χ4n) is 3.24. The molecule has 0 spiro atoms. The van der Waals surface area contributed by atoms with Crippen LogP contribution in [0.5, 0.6) is 0 Å². The number of carbonyl (C=O) groups is 2. The van der Waals surface area contributed by atoms with E-state index in [4.69, 9.17) is 0 Å². The molecule has 4 nitrogen and oxygen atoms in total. The molecule has 1 aliphatic heterocycles. The molecule has 2 atom stereocenters. The molecular weight excluding hydrogens is 295 g/mol. The quantitative estimate of drug-likeness (QED) is 0.927. The zero-order chi connectivity index (χ0) is 16.2. The van der Waals surface area contributed by atoms with Crippen LogP contribution in [0.1, 0.15) is 37.7 Å². The van der Waals surface area contributed by atoms with E-state index >= 15 is 0 Å². The Hall–Kier alpha value is -1.91. The summed E-state index contributed by atoms with van der Waals surface area (Å²) in [6, 6.07) is 6.40. The van der Waals surface area contributed by atoms with Crippen molar-refractivity contribution >= 4 is 11.8 Å². The van der Waals surface area contributed by atoms with Crippen LogP contribution in [0.25, 0.3) is 0 Å². The Labute approximate surface area is 136 Å². The molecule has 23 heavy (non-hydrogen) atoms. The summed E-state index contributed by atoms with van der Waals surface area (Å²) in [5.41, 5.74) is 0.469. The van der Waals surface area contributed by atoms with E-state index in [1.807, 2.05) is 4.90 Å². The van der Waals surface area contributed by atoms with Gasteiger partial charge in [-0.1, -0.05) is 31.0 Å². The molecule has 1 aromatic rings. The number of nitrogens with zero attached hydrogens (tertiary/aromatic N) is 1. The maximum Gasteiger partial charge on any atom is 0.226 e. The van der Waals surface area contributed by atoms with Gasteiger partial charge in [0.1, 0.15) is 5.82 Å². The second-order valence-electron chi connectivity index (χ2n) is 6.50. The Morgan fingerprint density at radius 3 is 2.48 bits per heavy atom. The molecule has 2 aliphatic rings. The molecule has 1 aliphatic carbocycles. The third kappa shape index (κ3) is 3.89. The first-order valence-electron chi connectivity index (χ1n) is 8.46. The SMILES string of the molecule is O=C(NCc1ccccc1F)C1CC1C(=O)N1CCCCCC1. The first kappa shape index (κ1) is 16.0. The third-order valence-electron chi connectivity index (χ3n) is 4.77. The van der Waals surface area contributed by atoms with Gasteiger partial charge in [0.2, 0.25) is 11.8 Å². The molecule has 0 bridgehead atoms. The van der Waals surface area contributed by atoms with E-state index in [0.717, 1.165) is 25.9 Å². The number of halogens is 1. The fraction of sp³-hybridized carbons (Fsp3) is 0.556. The van der Waals surface area contributed by atoms with Crippen molar-refractivity contribution in [3.05, 3.63) is 35.6 Å². The van der Waals surface area contributed by atoms with E-state index in [1.165, 1.54) is 18.9 Å².